The Balaban J connectivity index is 1.68. The van der Waals surface area contributed by atoms with E-state index in [1.54, 1.807) is 31.2 Å². The van der Waals surface area contributed by atoms with E-state index in [2.05, 4.69) is 10.2 Å². The fourth-order valence-electron chi connectivity index (χ4n) is 2.08. The molecule has 1 fully saturated rings. The maximum atomic E-state index is 12.0. The maximum Gasteiger partial charge on any atom is 0.260 e. The third kappa shape index (κ3) is 5.53. The summed E-state index contributed by atoms with van der Waals surface area (Å²) in [6.45, 7) is 6.57. The Morgan fingerprint density at radius 2 is 2.05 bits per heavy atom. The average Bonchev–Trinajstić information content (AvgIpc) is 2.50. The second-order valence-corrected chi connectivity index (χ2v) is 5.40. The standard InChI is InChI=1S/C15H21ClN2O3/c1-12(21-14-4-2-13(16)3-5-14)15(19)17-6-7-18-8-10-20-11-9-18/h2-5,12H,6-11H2,1H3,(H,17,19)/t12-/m1/s1. The second kappa shape index (κ2) is 8.22. The molecule has 6 heteroatoms. The Morgan fingerprint density at radius 1 is 1.38 bits per heavy atom. The molecule has 0 spiro atoms. The van der Waals surface area contributed by atoms with Crippen LogP contribution in [0.2, 0.25) is 5.02 Å². The van der Waals surface area contributed by atoms with Gasteiger partial charge in [-0.1, -0.05) is 11.6 Å². The molecular formula is C15H21ClN2O3. The first kappa shape index (κ1) is 16.1. The van der Waals surface area contributed by atoms with E-state index < -0.39 is 6.10 Å². The van der Waals surface area contributed by atoms with E-state index in [-0.39, 0.29) is 5.91 Å². The summed E-state index contributed by atoms with van der Waals surface area (Å²) in [5, 5.41) is 3.53. The molecule has 1 aromatic carbocycles. The summed E-state index contributed by atoms with van der Waals surface area (Å²) in [6, 6.07) is 6.97. The van der Waals surface area contributed by atoms with E-state index in [0.717, 1.165) is 32.8 Å². The van der Waals surface area contributed by atoms with Gasteiger partial charge in [0.1, 0.15) is 5.75 Å². The number of morpholine rings is 1. The number of carbonyl (C=O) groups is 1. The highest BCUT2D eigenvalue weighted by atomic mass is 35.5. The monoisotopic (exact) mass is 312 g/mol. The third-order valence-electron chi connectivity index (χ3n) is 3.33. The predicted molar refractivity (Wildman–Crippen MR) is 81.8 cm³/mol. The Hall–Kier alpha value is -1.30. The highest BCUT2D eigenvalue weighted by Gasteiger charge is 2.15. The Labute approximate surface area is 130 Å². The zero-order chi connectivity index (χ0) is 15.1. The Bertz CT molecular complexity index is 447. The number of rotatable bonds is 6. The number of amides is 1. The van der Waals surface area contributed by atoms with Crippen LogP contribution in [0.15, 0.2) is 24.3 Å². The van der Waals surface area contributed by atoms with Crippen molar-refractivity contribution in [2.45, 2.75) is 13.0 Å². The Kier molecular flexibility index (Phi) is 6.29. The van der Waals surface area contributed by atoms with Gasteiger partial charge < -0.3 is 14.8 Å². The van der Waals surface area contributed by atoms with Gasteiger partial charge in [-0.3, -0.25) is 9.69 Å². The van der Waals surface area contributed by atoms with Crippen LogP contribution in [0.5, 0.6) is 5.75 Å². The first-order chi connectivity index (χ1) is 10.1. The molecule has 1 amide bonds. The first-order valence-electron chi connectivity index (χ1n) is 7.15. The van der Waals surface area contributed by atoms with E-state index >= 15 is 0 Å². The van der Waals surface area contributed by atoms with Crippen LogP contribution in [0.3, 0.4) is 0 Å². The molecule has 1 saturated heterocycles. The molecule has 0 unspecified atom stereocenters. The van der Waals surface area contributed by atoms with Crippen LogP contribution < -0.4 is 10.1 Å². The molecular weight excluding hydrogens is 292 g/mol. The molecule has 2 rings (SSSR count). The van der Waals surface area contributed by atoms with Gasteiger partial charge in [0.2, 0.25) is 0 Å². The van der Waals surface area contributed by atoms with Crippen molar-refractivity contribution in [3.05, 3.63) is 29.3 Å². The van der Waals surface area contributed by atoms with Crippen LogP contribution in [0.1, 0.15) is 6.92 Å². The van der Waals surface area contributed by atoms with Crippen LogP contribution in [0.25, 0.3) is 0 Å². The molecule has 0 radical (unpaired) electrons. The first-order valence-corrected chi connectivity index (χ1v) is 7.53. The molecule has 116 valence electrons. The van der Waals surface area contributed by atoms with Crippen LogP contribution >= 0.6 is 11.6 Å². The molecule has 0 bridgehead atoms. The molecule has 0 saturated carbocycles. The highest BCUT2D eigenvalue weighted by Crippen LogP contribution is 2.16. The number of carbonyl (C=O) groups excluding carboxylic acids is 1. The van der Waals surface area contributed by atoms with Gasteiger partial charge >= 0.3 is 0 Å². The lowest BCUT2D eigenvalue weighted by molar-refractivity contribution is -0.127. The van der Waals surface area contributed by atoms with E-state index in [9.17, 15) is 4.79 Å². The second-order valence-electron chi connectivity index (χ2n) is 4.96. The van der Waals surface area contributed by atoms with Crippen LogP contribution in [0.4, 0.5) is 0 Å². The topological polar surface area (TPSA) is 50.8 Å². The molecule has 1 aliphatic heterocycles. The molecule has 21 heavy (non-hydrogen) atoms. The van der Waals surface area contributed by atoms with Gasteiger partial charge in [-0.2, -0.15) is 0 Å². The zero-order valence-corrected chi connectivity index (χ0v) is 12.9. The van der Waals surface area contributed by atoms with Gasteiger partial charge in [-0.05, 0) is 31.2 Å². The molecule has 1 atom stereocenters. The molecule has 1 aromatic rings. The van der Waals surface area contributed by atoms with Gasteiger partial charge in [0.25, 0.3) is 5.91 Å². The number of benzene rings is 1. The summed E-state index contributed by atoms with van der Waals surface area (Å²) in [6.07, 6.45) is -0.532. The molecule has 5 nitrogen and oxygen atoms in total. The van der Waals surface area contributed by atoms with Crippen molar-refractivity contribution in [1.29, 1.82) is 0 Å². The molecule has 1 N–H and O–H groups in total. The van der Waals surface area contributed by atoms with Crippen molar-refractivity contribution < 1.29 is 14.3 Å². The molecule has 1 heterocycles. The van der Waals surface area contributed by atoms with E-state index in [4.69, 9.17) is 21.1 Å². The summed E-state index contributed by atoms with van der Waals surface area (Å²) in [4.78, 5) is 14.2. The highest BCUT2D eigenvalue weighted by molar-refractivity contribution is 6.30. The van der Waals surface area contributed by atoms with Crippen molar-refractivity contribution in [2.24, 2.45) is 0 Å². The number of nitrogens with zero attached hydrogens (tertiary/aromatic N) is 1. The smallest absolute Gasteiger partial charge is 0.260 e. The van der Waals surface area contributed by atoms with Crippen molar-refractivity contribution in [1.82, 2.24) is 10.2 Å². The van der Waals surface area contributed by atoms with Crippen molar-refractivity contribution >= 4 is 17.5 Å². The maximum absolute atomic E-state index is 12.0. The van der Waals surface area contributed by atoms with Gasteiger partial charge in [-0.25, -0.2) is 0 Å². The number of nitrogens with one attached hydrogen (secondary N) is 1. The summed E-state index contributed by atoms with van der Waals surface area (Å²) in [5.74, 6) is 0.522. The average molecular weight is 313 g/mol. The molecule has 0 aliphatic carbocycles. The van der Waals surface area contributed by atoms with Crippen molar-refractivity contribution in [3.8, 4) is 5.75 Å². The van der Waals surface area contributed by atoms with Crippen LogP contribution in [0, 0.1) is 0 Å². The number of hydrogen-bond donors (Lipinski definition) is 1. The minimum Gasteiger partial charge on any atom is -0.481 e. The zero-order valence-electron chi connectivity index (χ0n) is 12.2. The fourth-order valence-corrected chi connectivity index (χ4v) is 2.20. The quantitative estimate of drug-likeness (QED) is 0.866. The Morgan fingerprint density at radius 3 is 2.71 bits per heavy atom. The number of hydrogen-bond acceptors (Lipinski definition) is 4. The SMILES string of the molecule is C[C@@H](Oc1ccc(Cl)cc1)C(=O)NCCN1CCOCC1. The fraction of sp³-hybridized carbons (Fsp3) is 0.533. The lowest BCUT2D eigenvalue weighted by atomic mass is 10.3. The van der Waals surface area contributed by atoms with Crippen molar-refractivity contribution in [2.75, 3.05) is 39.4 Å². The van der Waals surface area contributed by atoms with Gasteiger partial charge in [0.05, 0.1) is 13.2 Å². The normalized spacial score (nSPS) is 17.2. The van der Waals surface area contributed by atoms with Gasteiger partial charge in [0, 0.05) is 31.2 Å². The molecule has 0 aromatic heterocycles. The van der Waals surface area contributed by atoms with Gasteiger partial charge in [0.15, 0.2) is 6.10 Å². The van der Waals surface area contributed by atoms with Crippen LogP contribution in [-0.2, 0) is 9.53 Å². The predicted octanol–water partition coefficient (Wildman–Crippen LogP) is 1.56. The molecule has 1 aliphatic rings. The van der Waals surface area contributed by atoms with Gasteiger partial charge in [-0.15, -0.1) is 0 Å². The summed E-state index contributed by atoms with van der Waals surface area (Å²) >= 11 is 5.80. The minimum atomic E-state index is -0.532. The van der Waals surface area contributed by atoms with Crippen molar-refractivity contribution in [3.63, 3.8) is 0 Å². The number of ether oxygens (including phenoxy) is 2. The lowest BCUT2D eigenvalue weighted by Crippen LogP contribution is -2.43. The third-order valence-corrected chi connectivity index (χ3v) is 3.58. The van der Waals surface area contributed by atoms with E-state index in [0.29, 0.717) is 17.3 Å². The van der Waals surface area contributed by atoms with E-state index in [1.165, 1.54) is 0 Å². The minimum absolute atomic E-state index is 0.113. The number of halogens is 1. The largest absolute Gasteiger partial charge is 0.481 e. The summed E-state index contributed by atoms with van der Waals surface area (Å²) in [7, 11) is 0. The van der Waals surface area contributed by atoms with Crippen LogP contribution in [-0.4, -0.2) is 56.3 Å². The van der Waals surface area contributed by atoms with E-state index in [1.807, 2.05) is 0 Å². The summed E-state index contributed by atoms with van der Waals surface area (Å²) < 4.78 is 10.9. The summed E-state index contributed by atoms with van der Waals surface area (Å²) in [5.41, 5.74) is 0. The lowest BCUT2D eigenvalue weighted by Gasteiger charge is -2.26.